The van der Waals surface area contributed by atoms with Gasteiger partial charge >= 0.3 is 7.32 Å². The monoisotopic (exact) mass is 132 g/mol. The first kappa shape index (κ1) is 8.94. The number of rotatable bonds is 5. The van der Waals surface area contributed by atoms with E-state index in [0.29, 0.717) is 13.2 Å². The fourth-order valence-electron chi connectivity index (χ4n) is 0.456. The Morgan fingerprint density at radius 3 is 1.78 bits per heavy atom. The lowest BCUT2D eigenvalue weighted by Crippen LogP contribution is -2.25. The summed E-state index contributed by atoms with van der Waals surface area (Å²) in [5.41, 5.74) is 0. The predicted octanol–water partition coefficient (Wildman–Crippen LogP) is 0.691. The molecule has 4 heteroatoms. The molecule has 0 aliphatic rings. The van der Waals surface area contributed by atoms with Gasteiger partial charge in [-0.2, -0.15) is 0 Å². The highest BCUT2D eigenvalue weighted by molar-refractivity contribution is 6.36. The van der Waals surface area contributed by atoms with Gasteiger partial charge in [0.05, 0.1) is 0 Å². The van der Waals surface area contributed by atoms with E-state index in [1.807, 2.05) is 13.8 Å². The van der Waals surface area contributed by atoms with Gasteiger partial charge in [0.2, 0.25) is 0 Å². The molecule has 0 atom stereocenters. The maximum atomic E-state index is 4.99. The Labute approximate surface area is 56.5 Å². The van der Waals surface area contributed by atoms with Gasteiger partial charge < -0.3 is 14.0 Å². The van der Waals surface area contributed by atoms with Gasteiger partial charge in [0.1, 0.15) is 0 Å². The van der Waals surface area contributed by atoms with E-state index in [4.69, 9.17) is 14.0 Å². The Balaban J connectivity index is 3.18. The molecule has 0 spiro atoms. The van der Waals surface area contributed by atoms with Gasteiger partial charge in [-0.3, -0.25) is 0 Å². The first-order chi connectivity index (χ1) is 4.35. The van der Waals surface area contributed by atoms with Crippen LogP contribution in [-0.4, -0.2) is 27.6 Å². The Morgan fingerprint density at radius 1 is 1.11 bits per heavy atom. The molecule has 9 heavy (non-hydrogen) atoms. The minimum absolute atomic E-state index is 0.486. The van der Waals surface area contributed by atoms with Gasteiger partial charge in [-0.15, -0.1) is 0 Å². The van der Waals surface area contributed by atoms with Crippen molar-refractivity contribution in [3.05, 3.63) is 0 Å². The van der Waals surface area contributed by atoms with Crippen LogP contribution in [0.25, 0.3) is 0 Å². The van der Waals surface area contributed by atoms with Gasteiger partial charge in [-0.05, 0) is 13.8 Å². The lowest BCUT2D eigenvalue weighted by atomic mass is 10.2. The van der Waals surface area contributed by atoms with Crippen molar-refractivity contribution in [2.24, 2.45) is 0 Å². The summed E-state index contributed by atoms with van der Waals surface area (Å²) in [7, 11) is 1.07. The lowest BCUT2D eigenvalue weighted by molar-refractivity contribution is 0.123. The highest BCUT2D eigenvalue weighted by Gasteiger charge is 2.16. The first-order valence-corrected chi connectivity index (χ1v) is 3.11. The van der Waals surface area contributed by atoms with E-state index in [1.165, 1.54) is 0 Å². The van der Waals surface area contributed by atoms with E-state index in [-0.39, 0.29) is 0 Å². The fraction of sp³-hybridized carbons (Fsp3) is 1.00. The van der Waals surface area contributed by atoms with Crippen molar-refractivity contribution in [2.75, 3.05) is 20.3 Å². The Bertz CT molecular complexity index is 54.2. The predicted molar refractivity (Wildman–Crippen MR) is 36.0 cm³/mol. The number of hydrogen-bond donors (Lipinski definition) is 0. The summed E-state index contributed by atoms with van der Waals surface area (Å²) >= 11 is 0. The second kappa shape index (κ2) is 6.07. The van der Waals surface area contributed by atoms with Gasteiger partial charge in [-0.25, -0.2) is 0 Å². The van der Waals surface area contributed by atoms with Gasteiger partial charge in [0.25, 0.3) is 0 Å². The summed E-state index contributed by atoms with van der Waals surface area (Å²) in [5.74, 6) is 0. The summed E-state index contributed by atoms with van der Waals surface area (Å²) in [4.78, 5) is 0. The zero-order valence-corrected chi connectivity index (χ0v) is 6.22. The highest BCUT2D eigenvalue weighted by atomic mass is 16.7. The van der Waals surface area contributed by atoms with Crippen molar-refractivity contribution in [3.8, 4) is 0 Å². The topological polar surface area (TPSA) is 27.7 Å². The summed E-state index contributed by atoms with van der Waals surface area (Å²) in [5, 5.41) is 0. The van der Waals surface area contributed by atoms with E-state index in [9.17, 15) is 0 Å². The third-order valence-corrected chi connectivity index (χ3v) is 0.798. The highest BCUT2D eigenvalue weighted by Crippen LogP contribution is 1.88. The van der Waals surface area contributed by atoms with E-state index in [1.54, 1.807) is 7.11 Å². The van der Waals surface area contributed by atoms with E-state index in [0.717, 1.165) is 0 Å². The van der Waals surface area contributed by atoms with Crippen LogP contribution < -0.4 is 0 Å². The zero-order valence-electron chi connectivity index (χ0n) is 6.22. The average Bonchev–Trinajstić information content (AvgIpc) is 1.88. The summed E-state index contributed by atoms with van der Waals surface area (Å²) in [6.45, 7) is 5.01. The van der Waals surface area contributed by atoms with Crippen LogP contribution in [-0.2, 0) is 14.0 Å². The standard InChI is InChI=1S/C5H13BO3/c1-4-8-6(7-3)9-5-2/h4-5H2,1-3H3. The SMILES string of the molecule is CCOB(OC)OCC. The Morgan fingerprint density at radius 2 is 1.56 bits per heavy atom. The van der Waals surface area contributed by atoms with Crippen LogP contribution >= 0.6 is 0 Å². The van der Waals surface area contributed by atoms with Crippen LogP contribution in [0.3, 0.4) is 0 Å². The molecule has 54 valence electrons. The minimum Gasteiger partial charge on any atom is -0.389 e. The molecule has 0 radical (unpaired) electrons. The fourth-order valence-corrected chi connectivity index (χ4v) is 0.456. The lowest BCUT2D eigenvalue weighted by Gasteiger charge is -2.07. The maximum absolute atomic E-state index is 4.99. The van der Waals surface area contributed by atoms with E-state index in [2.05, 4.69) is 0 Å². The molecule has 0 aromatic rings. The largest absolute Gasteiger partial charge is 0.639 e. The van der Waals surface area contributed by atoms with Crippen molar-refractivity contribution in [1.82, 2.24) is 0 Å². The molecule has 0 saturated carbocycles. The minimum atomic E-state index is -0.486. The first-order valence-electron chi connectivity index (χ1n) is 3.11. The smallest absolute Gasteiger partial charge is 0.389 e. The van der Waals surface area contributed by atoms with Crippen LogP contribution in [0, 0.1) is 0 Å². The third-order valence-electron chi connectivity index (χ3n) is 0.798. The molecule has 0 rings (SSSR count). The number of hydrogen-bond acceptors (Lipinski definition) is 3. The quantitative estimate of drug-likeness (QED) is 0.515. The second-order valence-electron chi connectivity index (χ2n) is 1.44. The van der Waals surface area contributed by atoms with Crippen LogP contribution in [0.2, 0.25) is 0 Å². The third kappa shape index (κ3) is 4.45. The molecule has 0 aromatic carbocycles. The average molecular weight is 132 g/mol. The molecule has 0 heterocycles. The van der Waals surface area contributed by atoms with E-state index >= 15 is 0 Å². The molecular weight excluding hydrogens is 119 g/mol. The second-order valence-corrected chi connectivity index (χ2v) is 1.44. The maximum Gasteiger partial charge on any atom is 0.639 e. The molecule has 0 bridgehead atoms. The Hall–Kier alpha value is -0.0551. The van der Waals surface area contributed by atoms with Gasteiger partial charge in [0, 0.05) is 20.3 Å². The van der Waals surface area contributed by atoms with Crippen molar-refractivity contribution >= 4 is 7.32 Å². The van der Waals surface area contributed by atoms with Gasteiger partial charge in [-0.1, -0.05) is 0 Å². The summed E-state index contributed by atoms with van der Waals surface area (Å²) in [6.07, 6.45) is 0. The molecule has 0 aliphatic carbocycles. The van der Waals surface area contributed by atoms with Crippen molar-refractivity contribution < 1.29 is 14.0 Å². The van der Waals surface area contributed by atoms with Crippen LogP contribution in [0.15, 0.2) is 0 Å². The van der Waals surface area contributed by atoms with E-state index < -0.39 is 7.32 Å². The molecule has 0 aromatic heterocycles. The normalized spacial score (nSPS) is 9.67. The molecular formula is C5H13BO3. The van der Waals surface area contributed by atoms with Crippen LogP contribution in [0.1, 0.15) is 13.8 Å². The van der Waals surface area contributed by atoms with Crippen LogP contribution in [0.4, 0.5) is 0 Å². The molecule has 0 saturated heterocycles. The Kier molecular flexibility index (Phi) is 6.03. The summed E-state index contributed by atoms with van der Waals surface area (Å²) in [6, 6.07) is 0. The molecule has 0 N–H and O–H groups in total. The molecule has 0 unspecified atom stereocenters. The zero-order chi connectivity index (χ0) is 7.11. The summed E-state index contributed by atoms with van der Waals surface area (Å²) < 4.78 is 14.8. The van der Waals surface area contributed by atoms with Gasteiger partial charge in [0.15, 0.2) is 0 Å². The molecule has 3 nitrogen and oxygen atoms in total. The van der Waals surface area contributed by atoms with Crippen molar-refractivity contribution in [1.29, 1.82) is 0 Å². The van der Waals surface area contributed by atoms with Crippen molar-refractivity contribution in [3.63, 3.8) is 0 Å². The van der Waals surface area contributed by atoms with Crippen molar-refractivity contribution in [2.45, 2.75) is 13.8 Å². The molecule has 0 amide bonds. The molecule has 0 aliphatic heterocycles. The van der Waals surface area contributed by atoms with Crippen LogP contribution in [0.5, 0.6) is 0 Å². The molecule has 0 fully saturated rings.